The molecule has 7 heteroatoms. The van der Waals surface area contributed by atoms with Gasteiger partial charge in [0.25, 0.3) is 0 Å². The highest BCUT2D eigenvalue weighted by atomic mass is 19.1. The molecule has 0 fully saturated rings. The van der Waals surface area contributed by atoms with Crippen LogP contribution in [0.15, 0.2) is 18.2 Å². The summed E-state index contributed by atoms with van der Waals surface area (Å²) in [6.45, 7) is 6.84. The molecule has 2 amide bonds. The van der Waals surface area contributed by atoms with Crippen molar-refractivity contribution in [3.05, 3.63) is 29.6 Å². The lowest BCUT2D eigenvalue weighted by molar-refractivity contribution is -0.118. The standard InChI is InChI=1S/C15H22FN3O3/c1-9-5-10(16)7-11(6-9)19-12(13(17)20)8-18-14(21)22-15(2,3)4/h5-7,12,19H,8H2,1-4H3,(H2,17,20)(H,18,21). The minimum absolute atomic E-state index is 0.0696. The average molecular weight is 311 g/mol. The smallest absolute Gasteiger partial charge is 0.407 e. The quantitative estimate of drug-likeness (QED) is 0.774. The second kappa shape index (κ2) is 7.11. The Morgan fingerprint density at radius 2 is 1.95 bits per heavy atom. The summed E-state index contributed by atoms with van der Waals surface area (Å²) in [7, 11) is 0. The first kappa shape index (κ1) is 17.7. The first-order valence-electron chi connectivity index (χ1n) is 6.87. The molecule has 1 unspecified atom stereocenters. The number of alkyl carbamates (subject to hydrolysis) is 1. The molecule has 4 N–H and O–H groups in total. The summed E-state index contributed by atoms with van der Waals surface area (Å²) in [4.78, 5) is 23.0. The molecule has 6 nitrogen and oxygen atoms in total. The van der Waals surface area contributed by atoms with Gasteiger partial charge in [-0.25, -0.2) is 9.18 Å². The summed E-state index contributed by atoms with van der Waals surface area (Å²) < 4.78 is 18.4. The molecule has 0 aliphatic rings. The van der Waals surface area contributed by atoms with Crippen LogP contribution < -0.4 is 16.4 Å². The zero-order chi connectivity index (χ0) is 16.9. The van der Waals surface area contributed by atoms with Crippen molar-refractivity contribution in [3.8, 4) is 0 Å². The molecular weight excluding hydrogens is 289 g/mol. The van der Waals surface area contributed by atoms with E-state index in [1.807, 2.05) is 0 Å². The largest absolute Gasteiger partial charge is 0.444 e. The first-order chi connectivity index (χ1) is 10.1. The molecule has 0 saturated carbocycles. The summed E-state index contributed by atoms with van der Waals surface area (Å²) in [5.41, 5.74) is 5.76. The van der Waals surface area contributed by atoms with Crippen molar-refractivity contribution < 1.29 is 18.7 Å². The van der Waals surface area contributed by atoms with Gasteiger partial charge in [0.2, 0.25) is 5.91 Å². The lowest BCUT2D eigenvalue weighted by Gasteiger charge is -2.22. The second-order valence-corrected chi connectivity index (χ2v) is 6.00. The molecule has 0 aromatic heterocycles. The number of nitrogens with two attached hydrogens (primary N) is 1. The number of ether oxygens (including phenoxy) is 1. The minimum Gasteiger partial charge on any atom is -0.444 e. The van der Waals surface area contributed by atoms with Crippen molar-refractivity contribution in [1.82, 2.24) is 5.32 Å². The first-order valence-corrected chi connectivity index (χ1v) is 6.87. The van der Waals surface area contributed by atoms with E-state index in [1.165, 1.54) is 12.1 Å². The Balaban J connectivity index is 2.66. The number of hydrogen-bond donors (Lipinski definition) is 3. The van der Waals surface area contributed by atoms with Crippen LogP contribution in [0.1, 0.15) is 26.3 Å². The van der Waals surface area contributed by atoms with Gasteiger partial charge in [0.1, 0.15) is 17.5 Å². The van der Waals surface area contributed by atoms with E-state index in [0.717, 1.165) is 0 Å². The normalized spacial score (nSPS) is 12.4. The van der Waals surface area contributed by atoms with Gasteiger partial charge in [-0.05, 0) is 51.5 Å². The van der Waals surface area contributed by atoms with E-state index in [-0.39, 0.29) is 6.54 Å². The molecule has 1 aromatic rings. The fourth-order valence-corrected chi connectivity index (χ4v) is 1.74. The van der Waals surface area contributed by atoms with Crippen molar-refractivity contribution in [2.24, 2.45) is 5.73 Å². The highest BCUT2D eigenvalue weighted by molar-refractivity contribution is 5.84. The Morgan fingerprint density at radius 1 is 1.32 bits per heavy atom. The van der Waals surface area contributed by atoms with E-state index in [4.69, 9.17) is 10.5 Å². The van der Waals surface area contributed by atoms with Gasteiger partial charge in [-0.1, -0.05) is 0 Å². The molecule has 122 valence electrons. The number of aryl methyl sites for hydroxylation is 1. The van der Waals surface area contributed by atoms with E-state index in [0.29, 0.717) is 11.3 Å². The maximum atomic E-state index is 13.3. The van der Waals surface area contributed by atoms with Crippen LogP contribution in [0.25, 0.3) is 0 Å². The van der Waals surface area contributed by atoms with Crippen molar-refractivity contribution in [3.63, 3.8) is 0 Å². The van der Waals surface area contributed by atoms with Crippen LogP contribution in [0.2, 0.25) is 0 Å². The predicted molar refractivity (Wildman–Crippen MR) is 82.0 cm³/mol. The average Bonchev–Trinajstić information content (AvgIpc) is 2.30. The lowest BCUT2D eigenvalue weighted by atomic mass is 10.2. The van der Waals surface area contributed by atoms with Gasteiger partial charge >= 0.3 is 6.09 Å². The summed E-state index contributed by atoms with van der Waals surface area (Å²) >= 11 is 0. The third-order valence-electron chi connectivity index (χ3n) is 2.58. The topological polar surface area (TPSA) is 93.4 Å². The number of nitrogens with one attached hydrogen (secondary N) is 2. The zero-order valence-corrected chi connectivity index (χ0v) is 13.2. The van der Waals surface area contributed by atoms with Gasteiger partial charge in [0.05, 0.1) is 6.54 Å². The number of amides is 2. The molecule has 0 aliphatic carbocycles. The summed E-state index contributed by atoms with van der Waals surface area (Å²) in [6, 6.07) is 3.40. The van der Waals surface area contributed by atoms with Crippen molar-refractivity contribution in [1.29, 1.82) is 0 Å². The molecule has 0 bridgehead atoms. The van der Waals surface area contributed by atoms with Gasteiger partial charge in [-0.3, -0.25) is 4.79 Å². The monoisotopic (exact) mass is 311 g/mol. The van der Waals surface area contributed by atoms with Crippen LogP contribution in [0, 0.1) is 12.7 Å². The van der Waals surface area contributed by atoms with E-state index in [2.05, 4.69) is 10.6 Å². The number of halogens is 1. The molecule has 1 atom stereocenters. The summed E-state index contributed by atoms with van der Waals surface area (Å²) in [6.07, 6.45) is -0.657. The molecule has 0 saturated heterocycles. The van der Waals surface area contributed by atoms with E-state index in [1.54, 1.807) is 33.8 Å². The fraction of sp³-hybridized carbons (Fsp3) is 0.467. The maximum absolute atomic E-state index is 13.3. The molecular formula is C15H22FN3O3. The molecule has 0 aliphatic heterocycles. The summed E-state index contributed by atoms with van der Waals surface area (Å²) in [5, 5.41) is 5.25. The van der Waals surface area contributed by atoms with E-state index in [9.17, 15) is 14.0 Å². The van der Waals surface area contributed by atoms with Gasteiger partial charge < -0.3 is 21.1 Å². The zero-order valence-electron chi connectivity index (χ0n) is 13.2. The van der Waals surface area contributed by atoms with Crippen LogP contribution in [-0.4, -0.2) is 30.2 Å². The molecule has 0 radical (unpaired) electrons. The highest BCUT2D eigenvalue weighted by Crippen LogP contribution is 2.14. The second-order valence-electron chi connectivity index (χ2n) is 6.00. The van der Waals surface area contributed by atoms with Crippen LogP contribution in [0.4, 0.5) is 14.9 Å². The number of primary amides is 1. The van der Waals surface area contributed by atoms with Crippen LogP contribution in [-0.2, 0) is 9.53 Å². The SMILES string of the molecule is Cc1cc(F)cc(NC(CNC(=O)OC(C)(C)C)C(N)=O)c1. The maximum Gasteiger partial charge on any atom is 0.407 e. The van der Waals surface area contributed by atoms with Crippen LogP contribution in [0.3, 0.4) is 0 Å². The Labute approximate surface area is 129 Å². The third kappa shape index (κ3) is 6.43. The molecule has 1 aromatic carbocycles. The molecule has 1 rings (SSSR count). The highest BCUT2D eigenvalue weighted by Gasteiger charge is 2.20. The van der Waals surface area contributed by atoms with Crippen LogP contribution in [0.5, 0.6) is 0 Å². The number of carbonyl (C=O) groups is 2. The number of benzene rings is 1. The third-order valence-corrected chi connectivity index (χ3v) is 2.58. The van der Waals surface area contributed by atoms with Crippen molar-refractivity contribution in [2.75, 3.05) is 11.9 Å². The van der Waals surface area contributed by atoms with Gasteiger partial charge in [-0.15, -0.1) is 0 Å². The Hall–Kier alpha value is -2.31. The van der Waals surface area contributed by atoms with Gasteiger partial charge in [-0.2, -0.15) is 0 Å². The Kier molecular flexibility index (Phi) is 5.73. The van der Waals surface area contributed by atoms with Crippen molar-refractivity contribution in [2.45, 2.75) is 39.3 Å². The van der Waals surface area contributed by atoms with Crippen LogP contribution >= 0.6 is 0 Å². The number of hydrogen-bond acceptors (Lipinski definition) is 4. The van der Waals surface area contributed by atoms with E-state index >= 15 is 0 Å². The van der Waals surface area contributed by atoms with Crippen molar-refractivity contribution >= 4 is 17.7 Å². The number of rotatable bonds is 5. The lowest BCUT2D eigenvalue weighted by Crippen LogP contribution is -2.46. The van der Waals surface area contributed by atoms with E-state index < -0.39 is 29.5 Å². The number of carbonyl (C=O) groups excluding carboxylic acids is 2. The molecule has 0 heterocycles. The minimum atomic E-state index is -0.881. The Bertz CT molecular complexity index is 535. The molecule has 0 spiro atoms. The van der Waals surface area contributed by atoms with Gasteiger partial charge in [0.15, 0.2) is 0 Å². The number of anilines is 1. The van der Waals surface area contributed by atoms with Gasteiger partial charge in [0, 0.05) is 5.69 Å². The molecule has 22 heavy (non-hydrogen) atoms. The predicted octanol–water partition coefficient (Wildman–Crippen LogP) is 1.92. The summed E-state index contributed by atoms with van der Waals surface area (Å²) in [5.74, 6) is -1.09. The Morgan fingerprint density at radius 3 is 2.45 bits per heavy atom. The fourth-order valence-electron chi connectivity index (χ4n) is 1.74.